The van der Waals surface area contributed by atoms with Crippen LogP contribution in [0.15, 0.2) is 97.1 Å². The molecule has 1 aromatic heterocycles. The van der Waals surface area contributed by atoms with Gasteiger partial charge in [0.15, 0.2) is 0 Å². The molecule has 0 saturated carbocycles. The lowest BCUT2D eigenvalue weighted by molar-refractivity contribution is -0.136. The fourth-order valence-corrected chi connectivity index (χ4v) is 4.02. The normalized spacial score (nSPS) is 11.5. The van der Waals surface area contributed by atoms with Crippen LogP contribution in [0.25, 0.3) is 22.2 Å². The number of halogens is 3. The second kappa shape index (κ2) is 9.10. The van der Waals surface area contributed by atoms with Gasteiger partial charge in [0.1, 0.15) is 23.3 Å². The number of nitrogens with zero attached hydrogens (tertiary/aromatic N) is 2. The summed E-state index contributed by atoms with van der Waals surface area (Å²) in [4.78, 5) is 11.0. The Labute approximate surface area is 199 Å². The van der Waals surface area contributed by atoms with Gasteiger partial charge < -0.3 is 4.74 Å². The molecular formula is C28H19F3N2O2. The number of hydrogen-bond donors (Lipinski definition) is 0. The number of carbonyl (C=O) groups excluding carboxylic acids is 1. The molecule has 0 fully saturated rings. The number of aromatic nitrogens is 2. The van der Waals surface area contributed by atoms with Gasteiger partial charge in [-0.2, -0.15) is 18.3 Å². The van der Waals surface area contributed by atoms with Crippen LogP contribution < -0.4 is 4.74 Å². The van der Waals surface area contributed by atoms with Gasteiger partial charge in [0.05, 0.1) is 17.8 Å². The van der Waals surface area contributed by atoms with Crippen LogP contribution in [0.4, 0.5) is 13.2 Å². The maximum Gasteiger partial charge on any atom is 0.418 e. The van der Waals surface area contributed by atoms with E-state index in [0.717, 1.165) is 17.9 Å². The topological polar surface area (TPSA) is 44.1 Å². The lowest BCUT2D eigenvalue weighted by atomic mass is 10.0. The monoisotopic (exact) mass is 472 g/mol. The molecule has 1 heterocycles. The number of rotatable bonds is 6. The molecule has 0 aliphatic rings. The molecule has 0 atom stereocenters. The van der Waals surface area contributed by atoms with Crippen molar-refractivity contribution in [3.63, 3.8) is 0 Å². The van der Waals surface area contributed by atoms with E-state index in [1.54, 1.807) is 59.3 Å². The Morgan fingerprint density at radius 3 is 2.29 bits per heavy atom. The molecule has 174 valence electrons. The van der Waals surface area contributed by atoms with E-state index in [0.29, 0.717) is 40.3 Å². The van der Waals surface area contributed by atoms with Crippen molar-refractivity contribution < 1.29 is 22.7 Å². The van der Waals surface area contributed by atoms with Crippen molar-refractivity contribution in [1.82, 2.24) is 9.78 Å². The third-order valence-corrected chi connectivity index (χ3v) is 5.61. The van der Waals surface area contributed by atoms with Crippen LogP contribution in [0, 0.1) is 0 Å². The number of hydrogen-bond acceptors (Lipinski definition) is 3. The number of aldehydes is 1. The summed E-state index contributed by atoms with van der Waals surface area (Å²) in [6.45, 7) is 0.318. The molecule has 0 amide bonds. The largest absolute Gasteiger partial charge is 0.457 e. The first-order valence-corrected chi connectivity index (χ1v) is 10.9. The summed E-state index contributed by atoms with van der Waals surface area (Å²) in [7, 11) is 0. The number of benzene rings is 4. The molecule has 4 aromatic carbocycles. The summed E-state index contributed by atoms with van der Waals surface area (Å²) in [5.74, 6) is 1.04. The Kier molecular flexibility index (Phi) is 5.82. The zero-order valence-corrected chi connectivity index (χ0v) is 18.4. The predicted molar refractivity (Wildman–Crippen MR) is 128 cm³/mol. The zero-order valence-electron chi connectivity index (χ0n) is 18.4. The van der Waals surface area contributed by atoms with Crippen LogP contribution in [0.1, 0.15) is 21.5 Å². The van der Waals surface area contributed by atoms with Crippen molar-refractivity contribution in [2.24, 2.45) is 0 Å². The summed E-state index contributed by atoms with van der Waals surface area (Å²) < 4.78 is 48.6. The number of ether oxygens (including phenoxy) is 1. The van der Waals surface area contributed by atoms with Crippen LogP contribution >= 0.6 is 0 Å². The van der Waals surface area contributed by atoms with Crippen LogP contribution in [0.3, 0.4) is 0 Å². The van der Waals surface area contributed by atoms with Gasteiger partial charge in [0, 0.05) is 16.5 Å². The van der Waals surface area contributed by atoms with Gasteiger partial charge in [-0.1, -0.05) is 54.6 Å². The van der Waals surface area contributed by atoms with Crippen LogP contribution in [0.2, 0.25) is 0 Å². The molecule has 4 nitrogen and oxygen atoms in total. The highest BCUT2D eigenvalue weighted by molar-refractivity contribution is 5.95. The lowest BCUT2D eigenvalue weighted by Gasteiger charge is -2.10. The van der Waals surface area contributed by atoms with Gasteiger partial charge in [-0.25, -0.2) is 0 Å². The smallest absolute Gasteiger partial charge is 0.418 e. The SMILES string of the molecule is O=Cc1cccc(Oc2ccc(-c3c4cccc(C(F)(F)F)c4nn3Cc3ccccc3)cc2)c1. The molecule has 0 spiro atoms. The fraction of sp³-hybridized carbons (Fsp3) is 0.0714. The van der Waals surface area contributed by atoms with Gasteiger partial charge in [-0.3, -0.25) is 9.48 Å². The first kappa shape index (κ1) is 22.4. The minimum absolute atomic E-state index is 0.0862. The van der Waals surface area contributed by atoms with Crippen LogP contribution in [-0.2, 0) is 12.7 Å². The van der Waals surface area contributed by atoms with Gasteiger partial charge in [-0.05, 0) is 48.0 Å². The maximum absolute atomic E-state index is 13.7. The van der Waals surface area contributed by atoms with Gasteiger partial charge in [0.25, 0.3) is 0 Å². The third kappa shape index (κ3) is 4.66. The fourth-order valence-electron chi connectivity index (χ4n) is 4.02. The molecule has 7 heteroatoms. The highest BCUT2D eigenvalue weighted by atomic mass is 19.4. The molecule has 5 aromatic rings. The first-order chi connectivity index (χ1) is 16.9. The molecular weight excluding hydrogens is 453 g/mol. The van der Waals surface area contributed by atoms with Crippen molar-refractivity contribution >= 4 is 17.2 Å². The minimum atomic E-state index is -4.52. The molecule has 0 saturated heterocycles. The van der Waals surface area contributed by atoms with E-state index in [1.807, 2.05) is 30.3 Å². The standard InChI is InChI=1S/C28H19F3N2O2/c29-28(30,31)25-11-5-10-24-26(25)32-33(17-19-6-2-1-3-7-19)27(24)21-12-14-22(15-13-21)35-23-9-4-8-20(16-23)18-34/h1-16,18H,17H2. The first-order valence-electron chi connectivity index (χ1n) is 10.9. The second-order valence-electron chi connectivity index (χ2n) is 8.01. The molecule has 0 bridgehead atoms. The summed E-state index contributed by atoms with van der Waals surface area (Å²) in [6, 6.07) is 27.4. The van der Waals surface area contributed by atoms with Crippen molar-refractivity contribution in [1.29, 1.82) is 0 Å². The summed E-state index contributed by atoms with van der Waals surface area (Å²) in [5, 5.41) is 4.81. The molecule has 0 aliphatic carbocycles. The zero-order chi connectivity index (χ0) is 24.4. The summed E-state index contributed by atoms with van der Waals surface area (Å²) in [5.41, 5.74) is 1.86. The van der Waals surface area contributed by atoms with Crippen molar-refractivity contribution in [3.8, 4) is 22.8 Å². The van der Waals surface area contributed by atoms with Gasteiger partial charge in [-0.15, -0.1) is 0 Å². The van der Waals surface area contributed by atoms with E-state index >= 15 is 0 Å². The Balaban J connectivity index is 1.57. The molecule has 0 unspecified atom stereocenters. The second-order valence-corrected chi connectivity index (χ2v) is 8.01. The number of fused-ring (bicyclic) bond motifs is 1. The molecule has 0 aliphatic heterocycles. The molecule has 0 radical (unpaired) electrons. The minimum Gasteiger partial charge on any atom is -0.457 e. The Hall–Kier alpha value is -4.39. The average Bonchev–Trinajstić information content (AvgIpc) is 3.22. The highest BCUT2D eigenvalue weighted by Crippen LogP contribution is 2.38. The molecule has 0 N–H and O–H groups in total. The summed E-state index contributed by atoms with van der Waals surface area (Å²) in [6.07, 6.45) is -3.78. The Bertz CT molecular complexity index is 1490. The maximum atomic E-state index is 13.7. The highest BCUT2D eigenvalue weighted by Gasteiger charge is 2.34. The van der Waals surface area contributed by atoms with Gasteiger partial charge >= 0.3 is 6.18 Å². The molecule has 35 heavy (non-hydrogen) atoms. The quantitative estimate of drug-likeness (QED) is 0.242. The van der Waals surface area contributed by atoms with Crippen LogP contribution in [0.5, 0.6) is 11.5 Å². The summed E-state index contributed by atoms with van der Waals surface area (Å²) >= 11 is 0. The Morgan fingerprint density at radius 2 is 1.57 bits per heavy atom. The van der Waals surface area contributed by atoms with Crippen molar-refractivity contribution in [2.45, 2.75) is 12.7 Å². The van der Waals surface area contributed by atoms with E-state index in [-0.39, 0.29) is 5.52 Å². The number of alkyl halides is 3. The predicted octanol–water partition coefficient (Wildman–Crippen LogP) is 7.38. The van der Waals surface area contributed by atoms with Crippen molar-refractivity contribution in [3.05, 3.63) is 114 Å². The van der Waals surface area contributed by atoms with E-state index in [9.17, 15) is 18.0 Å². The third-order valence-electron chi connectivity index (χ3n) is 5.61. The van der Waals surface area contributed by atoms with E-state index in [2.05, 4.69) is 5.10 Å². The average molecular weight is 472 g/mol. The van der Waals surface area contributed by atoms with Gasteiger partial charge in [0.2, 0.25) is 0 Å². The Morgan fingerprint density at radius 1 is 0.829 bits per heavy atom. The van der Waals surface area contributed by atoms with E-state index in [1.165, 1.54) is 6.07 Å². The lowest BCUT2D eigenvalue weighted by Crippen LogP contribution is -2.06. The van der Waals surface area contributed by atoms with E-state index < -0.39 is 11.7 Å². The van der Waals surface area contributed by atoms with E-state index in [4.69, 9.17) is 4.74 Å². The molecule has 5 rings (SSSR count). The van der Waals surface area contributed by atoms with Crippen LogP contribution in [-0.4, -0.2) is 16.1 Å². The number of carbonyl (C=O) groups is 1. The van der Waals surface area contributed by atoms with Crippen molar-refractivity contribution in [2.75, 3.05) is 0 Å².